The zero-order valence-corrected chi connectivity index (χ0v) is 25.3. The summed E-state index contributed by atoms with van der Waals surface area (Å²) in [4.78, 5) is 31.8. The molecule has 230 valence electrons. The highest BCUT2D eigenvalue weighted by Crippen LogP contribution is 2.41. The first-order valence-electron chi connectivity index (χ1n) is 14.1. The van der Waals surface area contributed by atoms with Gasteiger partial charge in [-0.05, 0) is 68.5 Å². The van der Waals surface area contributed by atoms with Gasteiger partial charge in [0.15, 0.2) is 5.01 Å². The van der Waals surface area contributed by atoms with Gasteiger partial charge in [-0.15, -0.1) is 11.3 Å². The van der Waals surface area contributed by atoms with Crippen LogP contribution in [0.3, 0.4) is 0 Å². The maximum absolute atomic E-state index is 13.5. The number of carbonyl (C=O) groups is 2. The highest BCUT2D eigenvalue weighted by Gasteiger charge is 2.46. The molecule has 1 atom stereocenters. The van der Waals surface area contributed by atoms with E-state index in [4.69, 9.17) is 9.47 Å². The predicted molar refractivity (Wildman–Crippen MR) is 158 cm³/mol. The first kappa shape index (κ1) is 30.8. The zero-order valence-electron chi connectivity index (χ0n) is 24.5. The van der Waals surface area contributed by atoms with E-state index in [2.05, 4.69) is 20.5 Å². The fourth-order valence-electron chi connectivity index (χ4n) is 5.29. The Morgan fingerprint density at radius 3 is 2.49 bits per heavy atom. The molecule has 2 aliphatic heterocycles. The van der Waals surface area contributed by atoms with Gasteiger partial charge in [0.25, 0.3) is 5.91 Å². The predicted octanol–water partition coefficient (Wildman–Crippen LogP) is 6.57. The molecule has 2 saturated heterocycles. The Hall–Kier alpha value is -3.64. The van der Waals surface area contributed by atoms with Gasteiger partial charge < -0.3 is 25.0 Å². The highest BCUT2D eigenvalue weighted by molar-refractivity contribution is 7.12. The minimum atomic E-state index is -4.53. The van der Waals surface area contributed by atoms with Gasteiger partial charge in [-0.25, -0.2) is 9.78 Å². The molecule has 0 unspecified atom stereocenters. The van der Waals surface area contributed by atoms with Crippen LogP contribution >= 0.6 is 11.3 Å². The summed E-state index contributed by atoms with van der Waals surface area (Å²) in [6.45, 7) is 10.3. The van der Waals surface area contributed by atoms with Gasteiger partial charge in [-0.3, -0.25) is 4.79 Å². The Kier molecular flexibility index (Phi) is 8.45. The number of amides is 2. The third-order valence-electron chi connectivity index (χ3n) is 7.58. The number of rotatable bonds is 7. The van der Waals surface area contributed by atoms with Crippen LogP contribution in [0.2, 0.25) is 0 Å². The number of nitrogens with zero attached hydrogens (tertiary/aromatic N) is 2. The summed E-state index contributed by atoms with van der Waals surface area (Å²) in [5.41, 5.74) is 0.873. The summed E-state index contributed by atoms with van der Waals surface area (Å²) in [5.74, 6) is 0.503. The molecule has 0 bridgehead atoms. The van der Waals surface area contributed by atoms with Crippen molar-refractivity contribution in [2.75, 3.05) is 31.2 Å². The molecule has 3 aromatic rings. The smallest absolute Gasteiger partial charge is 0.416 e. The fraction of sp³-hybridized carbons (Fsp3) is 0.452. The lowest BCUT2D eigenvalue weighted by Crippen LogP contribution is -2.57. The molecule has 0 saturated carbocycles. The average Bonchev–Trinajstić information content (AvgIpc) is 3.60. The highest BCUT2D eigenvalue weighted by atomic mass is 32.1. The van der Waals surface area contributed by atoms with Crippen molar-refractivity contribution in [3.8, 4) is 11.1 Å². The van der Waals surface area contributed by atoms with E-state index >= 15 is 0 Å². The minimum Gasteiger partial charge on any atom is -0.444 e. The molecule has 43 heavy (non-hydrogen) atoms. The quantitative estimate of drug-likeness (QED) is 0.312. The van der Waals surface area contributed by atoms with Crippen molar-refractivity contribution in [2.45, 2.75) is 58.5 Å². The van der Waals surface area contributed by atoms with Crippen LogP contribution < -0.4 is 15.5 Å². The van der Waals surface area contributed by atoms with Crippen LogP contribution in [0, 0.1) is 5.41 Å². The van der Waals surface area contributed by atoms with Crippen molar-refractivity contribution in [3.63, 3.8) is 0 Å². The second-order valence-corrected chi connectivity index (χ2v) is 13.1. The monoisotopic (exact) mass is 616 g/mol. The maximum Gasteiger partial charge on any atom is 0.416 e. The largest absolute Gasteiger partial charge is 0.444 e. The van der Waals surface area contributed by atoms with Gasteiger partial charge in [-0.2, -0.15) is 13.2 Å². The van der Waals surface area contributed by atoms with Crippen LogP contribution in [0.5, 0.6) is 0 Å². The fourth-order valence-corrected chi connectivity index (χ4v) is 6.02. The number of hydrogen-bond donors (Lipinski definition) is 2. The van der Waals surface area contributed by atoms with Crippen LogP contribution in [0.1, 0.15) is 66.7 Å². The number of alkyl halides is 3. The standard InChI is InChI=1S/C31H35F3N4O4S/c1-19(36-26(39)27-37-25(15-43-27)38-16-30(17-38)11-12-41-18-30)20-5-7-21(8-6-20)24-13-23(31(32,33)34)10-9-22(24)14-35-28(40)42-29(2,3)4/h5-10,13,15,19H,11-12,14,16-18H2,1-4H3,(H,35,40)(H,36,39)/t19-/m1/s1. The number of carbonyl (C=O) groups excluding carboxylic acids is 2. The Balaban J connectivity index is 1.25. The second-order valence-electron chi connectivity index (χ2n) is 12.2. The molecule has 5 rings (SSSR count). The average molecular weight is 617 g/mol. The molecule has 12 heteroatoms. The maximum atomic E-state index is 13.5. The van der Waals surface area contributed by atoms with Crippen LogP contribution in [-0.2, 0) is 22.2 Å². The van der Waals surface area contributed by atoms with E-state index in [1.54, 1.807) is 45.0 Å². The normalized spacial score (nSPS) is 17.0. The van der Waals surface area contributed by atoms with Crippen LogP contribution in [-0.4, -0.2) is 48.9 Å². The topological polar surface area (TPSA) is 92.8 Å². The molecule has 0 aliphatic carbocycles. The number of alkyl carbamates (subject to hydrolysis) is 1. The molecule has 2 amide bonds. The van der Waals surface area contributed by atoms with Crippen LogP contribution in [0.4, 0.5) is 23.8 Å². The number of aromatic nitrogens is 1. The lowest BCUT2D eigenvalue weighted by Gasteiger charge is -2.47. The summed E-state index contributed by atoms with van der Waals surface area (Å²) in [6.07, 6.45) is -4.14. The van der Waals surface area contributed by atoms with Crippen molar-refractivity contribution in [2.24, 2.45) is 5.41 Å². The summed E-state index contributed by atoms with van der Waals surface area (Å²) in [6, 6.07) is 10.0. The number of hydrogen-bond acceptors (Lipinski definition) is 7. The molecule has 1 aromatic heterocycles. The minimum absolute atomic E-state index is 0.0153. The molecule has 2 fully saturated rings. The van der Waals surface area contributed by atoms with Crippen molar-refractivity contribution in [1.82, 2.24) is 15.6 Å². The summed E-state index contributed by atoms with van der Waals surface area (Å²) in [7, 11) is 0. The van der Waals surface area contributed by atoms with Crippen molar-refractivity contribution in [1.29, 1.82) is 0 Å². The van der Waals surface area contributed by atoms with Gasteiger partial charge in [-0.1, -0.05) is 30.3 Å². The lowest BCUT2D eigenvalue weighted by molar-refractivity contribution is -0.137. The van der Waals surface area contributed by atoms with Gasteiger partial charge in [0.05, 0.1) is 18.2 Å². The third-order valence-corrected chi connectivity index (χ3v) is 8.40. The van der Waals surface area contributed by atoms with Crippen molar-refractivity contribution in [3.05, 3.63) is 69.5 Å². The molecular weight excluding hydrogens is 581 g/mol. The van der Waals surface area contributed by atoms with E-state index in [-0.39, 0.29) is 23.9 Å². The number of thiazole rings is 1. The third kappa shape index (κ3) is 7.30. The summed E-state index contributed by atoms with van der Waals surface area (Å²) >= 11 is 1.29. The number of halogens is 3. The van der Waals surface area contributed by atoms with E-state index in [1.807, 2.05) is 12.3 Å². The Morgan fingerprint density at radius 1 is 1.14 bits per heavy atom. The van der Waals surface area contributed by atoms with E-state index in [0.717, 1.165) is 56.2 Å². The number of ether oxygens (including phenoxy) is 2. The Bertz CT molecular complexity index is 1470. The molecular formula is C31H35F3N4O4S. The van der Waals surface area contributed by atoms with Gasteiger partial charge in [0.1, 0.15) is 11.4 Å². The molecule has 0 radical (unpaired) electrons. The van der Waals surface area contributed by atoms with E-state index < -0.39 is 23.4 Å². The van der Waals surface area contributed by atoms with E-state index in [1.165, 1.54) is 17.4 Å². The van der Waals surface area contributed by atoms with Crippen molar-refractivity contribution >= 4 is 29.2 Å². The molecule has 2 N–H and O–H groups in total. The van der Waals surface area contributed by atoms with Gasteiger partial charge in [0.2, 0.25) is 0 Å². The molecule has 3 heterocycles. The summed E-state index contributed by atoms with van der Waals surface area (Å²) in [5, 5.41) is 7.84. The Labute approximate surface area is 252 Å². The number of benzene rings is 2. The number of nitrogens with one attached hydrogen (secondary N) is 2. The van der Waals surface area contributed by atoms with Crippen molar-refractivity contribution < 1.29 is 32.2 Å². The summed E-state index contributed by atoms with van der Waals surface area (Å²) < 4.78 is 51.4. The van der Waals surface area contributed by atoms with Crippen LogP contribution in [0.15, 0.2) is 47.8 Å². The van der Waals surface area contributed by atoms with Gasteiger partial charge in [0, 0.05) is 37.0 Å². The molecule has 8 nitrogen and oxygen atoms in total. The zero-order chi connectivity index (χ0) is 31.0. The van der Waals surface area contributed by atoms with E-state index in [9.17, 15) is 22.8 Å². The Morgan fingerprint density at radius 2 is 1.86 bits per heavy atom. The molecule has 1 spiro atoms. The number of anilines is 1. The molecule has 2 aromatic carbocycles. The second kappa shape index (κ2) is 11.8. The SMILES string of the molecule is C[C@@H](NC(=O)c1nc(N2CC3(CCOC3)C2)cs1)c1ccc(-c2cc(C(F)(F)F)ccc2CNC(=O)OC(C)(C)C)cc1. The van der Waals surface area contributed by atoms with E-state index in [0.29, 0.717) is 21.7 Å². The molecule has 2 aliphatic rings. The lowest BCUT2D eigenvalue weighted by atomic mass is 9.79. The van der Waals surface area contributed by atoms with Gasteiger partial charge >= 0.3 is 12.3 Å². The van der Waals surface area contributed by atoms with Crippen LogP contribution in [0.25, 0.3) is 11.1 Å². The first-order valence-corrected chi connectivity index (χ1v) is 15.0. The first-order chi connectivity index (χ1) is 20.2.